The molecule has 0 radical (unpaired) electrons. The number of rotatable bonds is 2. The molecule has 0 saturated heterocycles. The van der Waals surface area contributed by atoms with Gasteiger partial charge >= 0.3 is 0 Å². The van der Waals surface area contributed by atoms with Crippen molar-refractivity contribution in [2.45, 2.75) is 19.9 Å². The molecule has 22 heavy (non-hydrogen) atoms. The van der Waals surface area contributed by atoms with Crippen molar-refractivity contribution in [3.8, 4) is 0 Å². The summed E-state index contributed by atoms with van der Waals surface area (Å²) in [5.41, 5.74) is 4.87. The van der Waals surface area contributed by atoms with Crippen LogP contribution in [0.2, 0.25) is 0 Å². The van der Waals surface area contributed by atoms with Crippen LogP contribution in [0.25, 0.3) is 10.9 Å². The quantitative estimate of drug-likeness (QED) is 0.480. The van der Waals surface area contributed by atoms with E-state index in [1.807, 2.05) is 17.7 Å². The summed E-state index contributed by atoms with van der Waals surface area (Å²) in [4.78, 5) is 11.9. The fourth-order valence-electron chi connectivity index (χ4n) is 2.90. The van der Waals surface area contributed by atoms with Gasteiger partial charge in [0.05, 0.1) is 17.0 Å². The Kier molecular flexibility index (Phi) is 3.37. The molecule has 1 amide bonds. The Labute approximate surface area is 128 Å². The Morgan fingerprint density at radius 1 is 1.41 bits per heavy atom. The number of hydrazine groups is 1. The Bertz CT molecular complexity index is 870. The van der Waals surface area contributed by atoms with Gasteiger partial charge in [0.15, 0.2) is 0 Å². The van der Waals surface area contributed by atoms with Crippen molar-refractivity contribution >= 4 is 32.5 Å². The number of amides is 1. The summed E-state index contributed by atoms with van der Waals surface area (Å²) in [6, 6.07) is 3.34. The molecular formula is C14H18N4O3S. The van der Waals surface area contributed by atoms with Crippen LogP contribution < -0.4 is 15.6 Å². The average Bonchev–Trinajstić information content (AvgIpc) is 2.84. The highest BCUT2D eigenvalue weighted by Crippen LogP contribution is 2.35. The number of sulfonamides is 1. The van der Waals surface area contributed by atoms with Crippen LogP contribution in [0.5, 0.6) is 0 Å². The number of carbonyl (C=O) groups excluding carboxylic acids is 1. The lowest BCUT2D eigenvalue weighted by Crippen LogP contribution is -2.31. The van der Waals surface area contributed by atoms with Crippen LogP contribution >= 0.6 is 0 Å². The maximum absolute atomic E-state index is 12.3. The second kappa shape index (κ2) is 4.99. The molecule has 0 fully saturated rings. The van der Waals surface area contributed by atoms with Gasteiger partial charge in [0.25, 0.3) is 5.91 Å². The van der Waals surface area contributed by atoms with Gasteiger partial charge in [0, 0.05) is 30.7 Å². The Balaban J connectivity index is 2.40. The number of benzene rings is 1. The Morgan fingerprint density at radius 2 is 2.14 bits per heavy atom. The molecular weight excluding hydrogens is 304 g/mol. The summed E-state index contributed by atoms with van der Waals surface area (Å²) >= 11 is 0. The van der Waals surface area contributed by atoms with Crippen LogP contribution in [-0.2, 0) is 23.0 Å². The molecule has 0 saturated carbocycles. The minimum absolute atomic E-state index is 0.0313. The molecule has 0 spiro atoms. The minimum Gasteiger partial charge on any atom is -0.344 e. The zero-order chi connectivity index (χ0) is 16.1. The number of anilines is 1. The summed E-state index contributed by atoms with van der Waals surface area (Å²) in [7, 11) is -1.88. The summed E-state index contributed by atoms with van der Waals surface area (Å²) < 4.78 is 27.8. The zero-order valence-corrected chi connectivity index (χ0v) is 13.3. The van der Waals surface area contributed by atoms with Gasteiger partial charge in [-0.15, -0.1) is 0 Å². The largest absolute Gasteiger partial charge is 0.344 e. The molecule has 8 heteroatoms. The summed E-state index contributed by atoms with van der Waals surface area (Å²) in [5, 5.41) is 0.891. The van der Waals surface area contributed by atoms with Crippen molar-refractivity contribution in [1.82, 2.24) is 9.99 Å². The number of hydrogen-bond donors (Lipinski definition) is 2. The topological polar surface area (TPSA) is 97.4 Å². The van der Waals surface area contributed by atoms with Gasteiger partial charge in [-0.2, -0.15) is 0 Å². The first-order valence-corrected chi connectivity index (χ1v) is 8.63. The smallest absolute Gasteiger partial charge is 0.265 e. The van der Waals surface area contributed by atoms with Crippen molar-refractivity contribution in [3.05, 3.63) is 29.5 Å². The van der Waals surface area contributed by atoms with Crippen molar-refractivity contribution in [2.24, 2.45) is 5.84 Å². The molecule has 1 aromatic carbocycles. The van der Waals surface area contributed by atoms with Gasteiger partial charge in [0.2, 0.25) is 10.0 Å². The number of aryl methyl sites for hydroxylation is 2. The van der Waals surface area contributed by atoms with Gasteiger partial charge in [-0.1, -0.05) is 6.92 Å². The van der Waals surface area contributed by atoms with Crippen LogP contribution in [0.15, 0.2) is 18.3 Å². The maximum atomic E-state index is 12.3. The van der Waals surface area contributed by atoms with E-state index < -0.39 is 15.9 Å². The summed E-state index contributed by atoms with van der Waals surface area (Å²) in [5.74, 6) is 4.80. The molecule has 1 aromatic heterocycles. The molecule has 7 nitrogen and oxygen atoms in total. The molecule has 1 aliphatic heterocycles. The molecule has 3 N–H and O–H groups in total. The van der Waals surface area contributed by atoms with Crippen LogP contribution in [0, 0.1) is 0 Å². The van der Waals surface area contributed by atoms with Crippen LogP contribution in [0.4, 0.5) is 5.69 Å². The van der Waals surface area contributed by atoms with E-state index in [2.05, 4.69) is 5.43 Å². The lowest BCUT2D eigenvalue weighted by Gasteiger charge is -2.18. The van der Waals surface area contributed by atoms with Crippen LogP contribution in [0.1, 0.15) is 22.8 Å². The SMILES string of the molecule is CCc1cn2c3c(cc(C(=O)NN)cc13)N(C)S(=O)(=O)CC2. The monoisotopic (exact) mass is 322 g/mol. The van der Waals surface area contributed by atoms with Crippen molar-refractivity contribution < 1.29 is 13.2 Å². The Hall–Kier alpha value is -2.06. The third kappa shape index (κ3) is 2.06. The summed E-state index contributed by atoms with van der Waals surface area (Å²) in [6.45, 7) is 2.43. The molecule has 0 atom stereocenters. The summed E-state index contributed by atoms with van der Waals surface area (Å²) in [6.07, 6.45) is 2.76. The first-order chi connectivity index (χ1) is 10.4. The van der Waals surface area contributed by atoms with E-state index >= 15 is 0 Å². The second-order valence-electron chi connectivity index (χ2n) is 5.35. The number of aromatic nitrogens is 1. The number of carbonyl (C=O) groups is 1. The van der Waals surface area contributed by atoms with Crippen molar-refractivity contribution in [3.63, 3.8) is 0 Å². The highest BCUT2D eigenvalue weighted by molar-refractivity contribution is 7.92. The van der Waals surface area contributed by atoms with E-state index in [9.17, 15) is 13.2 Å². The first kappa shape index (κ1) is 14.9. The van der Waals surface area contributed by atoms with E-state index in [0.29, 0.717) is 17.8 Å². The first-order valence-electron chi connectivity index (χ1n) is 7.02. The molecule has 118 valence electrons. The zero-order valence-electron chi connectivity index (χ0n) is 12.5. The van der Waals surface area contributed by atoms with E-state index in [-0.39, 0.29) is 5.75 Å². The van der Waals surface area contributed by atoms with Gasteiger partial charge in [-0.25, -0.2) is 14.3 Å². The number of nitrogens with one attached hydrogen (secondary N) is 1. The van der Waals surface area contributed by atoms with Gasteiger partial charge in [0.1, 0.15) is 0 Å². The maximum Gasteiger partial charge on any atom is 0.265 e. The lowest BCUT2D eigenvalue weighted by atomic mass is 10.1. The van der Waals surface area contributed by atoms with E-state index in [1.54, 1.807) is 12.1 Å². The van der Waals surface area contributed by atoms with E-state index in [0.717, 1.165) is 22.9 Å². The normalized spacial score (nSPS) is 16.6. The second-order valence-corrected chi connectivity index (χ2v) is 7.47. The van der Waals surface area contributed by atoms with E-state index in [4.69, 9.17) is 5.84 Å². The molecule has 0 unspecified atom stereocenters. The molecule has 2 heterocycles. The number of hydrogen-bond acceptors (Lipinski definition) is 4. The number of nitrogen functional groups attached to an aromatic ring is 1. The fourth-order valence-corrected chi connectivity index (χ4v) is 4.04. The lowest BCUT2D eigenvalue weighted by molar-refractivity contribution is 0.0954. The highest BCUT2D eigenvalue weighted by atomic mass is 32.2. The molecule has 0 bridgehead atoms. The standard InChI is InChI=1S/C14H18N4O3S/c1-3-9-8-18-4-5-22(20,21)17(2)12-7-10(14(19)16-15)6-11(9)13(12)18/h6-8H,3-5,15H2,1-2H3,(H,16,19). The van der Waals surface area contributed by atoms with Crippen molar-refractivity contribution in [1.29, 1.82) is 0 Å². The number of nitrogens with zero attached hydrogens (tertiary/aromatic N) is 2. The third-order valence-electron chi connectivity index (χ3n) is 4.16. The third-order valence-corrected chi connectivity index (χ3v) is 5.89. The highest BCUT2D eigenvalue weighted by Gasteiger charge is 2.27. The Morgan fingerprint density at radius 3 is 2.77 bits per heavy atom. The van der Waals surface area contributed by atoms with Gasteiger partial charge in [-0.05, 0) is 24.1 Å². The van der Waals surface area contributed by atoms with Crippen molar-refractivity contribution in [2.75, 3.05) is 17.1 Å². The van der Waals surface area contributed by atoms with E-state index in [1.165, 1.54) is 11.4 Å². The average molecular weight is 322 g/mol. The van der Waals surface area contributed by atoms with Crippen LogP contribution in [0.3, 0.4) is 0 Å². The van der Waals surface area contributed by atoms with Gasteiger partial charge in [-0.3, -0.25) is 14.5 Å². The molecule has 1 aliphatic rings. The molecule has 0 aliphatic carbocycles. The minimum atomic E-state index is -3.40. The van der Waals surface area contributed by atoms with Crippen LogP contribution in [-0.4, -0.2) is 31.7 Å². The number of nitrogens with two attached hydrogens (primary N) is 1. The predicted molar refractivity (Wildman–Crippen MR) is 85.2 cm³/mol. The molecule has 2 aromatic rings. The predicted octanol–water partition coefficient (Wildman–Crippen LogP) is 0.587. The molecule has 3 rings (SSSR count). The fraction of sp³-hybridized carbons (Fsp3) is 0.357. The van der Waals surface area contributed by atoms with Gasteiger partial charge < -0.3 is 4.57 Å².